The normalized spacial score (nSPS) is 17.3. The molecule has 1 atom stereocenters. The third kappa shape index (κ3) is 3.33. The van der Waals surface area contributed by atoms with Gasteiger partial charge in [-0.1, -0.05) is 17.6 Å². The molecule has 0 bridgehead atoms. The Balaban J connectivity index is 1.98. The van der Waals surface area contributed by atoms with E-state index in [0.29, 0.717) is 5.92 Å². The van der Waals surface area contributed by atoms with Crippen LogP contribution < -0.4 is 10.4 Å². The maximum absolute atomic E-state index is 9.69. The van der Waals surface area contributed by atoms with E-state index in [0.717, 1.165) is 48.6 Å². The van der Waals surface area contributed by atoms with Crippen molar-refractivity contribution in [1.29, 1.82) is 0 Å². The molecule has 0 aliphatic carbocycles. The molecular formula is C23H31BN4O. The van der Waals surface area contributed by atoms with Gasteiger partial charge in [0, 0.05) is 25.4 Å². The zero-order chi connectivity index (χ0) is 20.9. The number of anilines is 1. The minimum atomic E-state index is 0.241. The van der Waals surface area contributed by atoms with Crippen LogP contribution in [-0.4, -0.2) is 47.2 Å². The molecule has 1 fully saturated rings. The van der Waals surface area contributed by atoms with Gasteiger partial charge in [-0.3, -0.25) is 4.57 Å². The van der Waals surface area contributed by atoms with Gasteiger partial charge in [0.1, 0.15) is 19.5 Å². The number of hydrogen-bond donors (Lipinski definition) is 1. The summed E-state index contributed by atoms with van der Waals surface area (Å²) in [5.41, 5.74) is 8.47. The molecule has 3 aromatic rings. The van der Waals surface area contributed by atoms with Gasteiger partial charge in [-0.15, -0.1) is 0 Å². The topological polar surface area (TPSA) is 54.2 Å². The van der Waals surface area contributed by atoms with Crippen molar-refractivity contribution in [2.45, 2.75) is 47.5 Å². The SMILES string of the molecule is Bc1cc(C)c(-n2c(C)c(C)c3c(N4CCCC(CO)C4)nc(C)nc32)c(C)c1. The van der Waals surface area contributed by atoms with Crippen molar-refractivity contribution in [3.8, 4) is 5.69 Å². The molecule has 1 saturated heterocycles. The lowest BCUT2D eigenvalue weighted by molar-refractivity contribution is 0.208. The van der Waals surface area contributed by atoms with Crippen molar-refractivity contribution in [2.24, 2.45) is 5.92 Å². The minimum absolute atomic E-state index is 0.241. The molecule has 29 heavy (non-hydrogen) atoms. The monoisotopic (exact) mass is 390 g/mol. The van der Waals surface area contributed by atoms with Crippen molar-refractivity contribution in [2.75, 3.05) is 24.6 Å². The van der Waals surface area contributed by atoms with E-state index in [1.54, 1.807) is 0 Å². The molecule has 1 unspecified atom stereocenters. The Morgan fingerprint density at radius 2 is 1.79 bits per heavy atom. The number of fused-ring (bicyclic) bond motifs is 1. The summed E-state index contributed by atoms with van der Waals surface area (Å²) < 4.78 is 2.32. The predicted octanol–water partition coefficient (Wildman–Crippen LogP) is 2.43. The Bertz CT molecular complexity index is 1070. The molecule has 1 aliphatic rings. The molecule has 1 aliphatic heterocycles. The maximum atomic E-state index is 9.69. The quantitative estimate of drug-likeness (QED) is 0.698. The first-order chi connectivity index (χ1) is 13.8. The van der Waals surface area contributed by atoms with Crippen LogP contribution >= 0.6 is 0 Å². The fourth-order valence-electron chi connectivity index (χ4n) is 4.98. The number of piperidine rings is 1. The lowest BCUT2D eigenvalue weighted by atomic mass is 9.91. The van der Waals surface area contributed by atoms with Crippen molar-refractivity contribution >= 4 is 30.2 Å². The van der Waals surface area contributed by atoms with Crippen LogP contribution in [0.4, 0.5) is 5.82 Å². The van der Waals surface area contributed by atoms with E-state index in [2.05, 4.69) is 57.1 Å². The van der Waals surface area contributed by atoms with Gasteiger partial charge in [0.05, 0.1) is 11.1 Å². The molecule has 2 aromatic heterocycles. The lowest BCUT2D eigenvalue weighted by Crippen LogP contribution is -2.37. The van der Waals surface area contributed by atoms with E-state index in [4.69, 9.17) is 9.97 Å². The first-order valence-corrected chi connectivity index (χ1v) is 10.6. The first kappa shape index (κ1) is 20.0. The van der Waals surface area contributed by atoms with Crippen LogP contribution in [0, 0.1) is 40.5 Å². The van der Waals surface area contributed by atoms with E-state index < -0.39 is 0 Å². The van der Waals surface area contributed by atoms with E-state index >= 15 is 0 Å². The molecule has 0 radical (unpaired) electrons. The molecule has 3 heterocycles. The van der Waals surface area contributed by atoms with Gasteiger partial charge in [0.25, 0.3) is 0 Å². The average molecular weight is 390 g/mol. The number of aliphatic hydroxyl groups excluding tert-OH is 1. The summed E-state index contributed by atoms with van der Waals surface area (Å²) in [6.45, 7) is 12.8. The van der Waals surface area contributed by atoms with Gasteiger partial charge in [-0.2, -0.15) is 0 Å². The van der Waals surface area contributed by atoms with Crippen LogP contribution in [0.3, 0.4) is 0 Å². The standard InChI is InChI=1S/C23H31BN4O/c1-13-9-19(24)10-14(2)21(13)28-16(4)15(3)20-22(25-17(5)26-23(20)28)27-8-6-7-18(11-27)12-29/h9-10,18,29H,6-8,11-12,24H2,1-5H3. The highest BCUT2D eigenvalue weighted by atomic mass is 16.3. The van der Waals surface area contributed by atoms with Crippen LogP contribution in [-0.2, 0) is 0 Å². The molecule has 1 aromatic carbocycles. The average Bonchev–Trinajstić information content (AvgIpc) is 2.91. The minimum Gasteiger partial charge on any atom is -0.396 e. The number of benzene rings is 1. The number of nitrogens with zero attached hydrogens (tertiary/aromatic N) is 4. The van der Waals surface area contributed by atoms with Gasteiger partial charge >= 0.3 is 0 Å². The van der Waals surface area contributed by atoms with Crippen LogP contribution in [0.15, 0.2) is 12.1 Å². The van der Waals surface area contributed by atoms with Gasteiger partial charge in [0.2, 0.25) is 0 Å². The second-order valence-electron chi connectivity index (χ2n) is 8.72. The third-order valence-electron chi connectivity index (χ3n) is 6.38. The highest BCUT2D eigenvalue weighted by molar-refractivity contribution is 6.32. The molecule has 0 saturated carbocycles. The number of aromatic nitrogens is 3. The van der Waals surface area contributed by atoms with E-state index in [9.17, 15) is 5.11 Å². The molecule has 0 amide bonds. The number of aryl methyl sites for hydroxylation is 4. The molecule has 5 nitrogen and oxygen atoms in total. The fraction of sp³-hybridized carbons (Fsp3) is 0.478. The van der Waals surface area contributed by atoms with E-state index in [-0.39, 0.29) is 6.61 Å². The Morgan fingerprint density at radius 1 is 1.10 bits per heavy atom. The highest BCUT2D eigenvalue weighted by Gasteiger charge is 2.26. The van der Waals surface area contributed by atoms with Crippen LogP contribution in [0.25, 0.3) is 16.7 Å². The van der Waals surface area contributed by atoms with Crippen molar-refractivity contribution in [3.63, 3.8) is 0 Å². The van der Waals surface area contributed by atoms with Gasteiger partial charge in [-0.05, 0) is 70.1 Å². The number of rotatable bonds is 3. The first-order valence-electron chi connectivity index (χ1n) is 10.6. The maximum Gasteiger partial charge on any atom is 0.150 e. The smallest absolute Gasteiger partial charge is 0.150 e. The summed E-state index contributed by atoms with van der Waals surface area (Å²) >= 11 is 0. The summed E-state index contributed by atoms with van der Waals surface area (Å²) in [7, 11) is 2.15. The third-order valence-corrected chi connectivity index (χ3v) is 6.38. The van der Waals surface area contributed by atoms with Crippen molar-refractivity contribution in [1.82, 2.24) is 14.5 Å². The summed E-state index contributed by atoms with van der Waals surface area (Å²) in [5.74, 6) is 2.13. The summed E-state index contributed by atoms with van der Waals surface area (Å²) in [4.78, 5) is 12.1. The van der Waals surface area contributed by atoms with Crippen LogP contribution in [0.1, 0.15) is 41.1 Å². The van der Waals surface area contributed by atoms with Crippen LogP contribution in [0.2, 0.25) is 0 Å². The second kappa shape index (κ2) is 7.49. The van der Waals surface area contributed by atoms with Gasteiger partial charge in [0.15, 0.2) is 5.65 Å². The highest BCUT2D eigenvalue weighted by Crippen LogP contribution is 2.36. The number of hydrogen-bond acceptors (Lipinski definition) is 4. The van der Waals surface area contributed by atoms with Crippen molar-refractivity contribution in [3.05, 3.63) is 40.3 Å². The van der Waals surface area contributed by atoms with Gasteiger partial charge in [-0.25, -0.2) is 9.97 Å². The molecule has 6 heteroatoms. The lowest BCUT2D eigenvalue weighted by Gasteiger charge is -2.33. The zero-order valence-electron chi connectivity index (χ0n) is 18.5. The predicted molar refractivity (Wildman–Crippen MR) is 123 cm³/mol. The Hall–Kier alpha value is -2.34. The Morgan fingerprint density at radius 3 is 2.45 bits per heavy atom. The molecule has 1 N–H and O–H groups in total. The Labute approximate surface area is 174 Å². The van der Waals surface area contributed by atoms with Crippen LogP contribution in [0.5, 0.6) is 0 Å². The van der Waals surface area contributed by atoms with E-state index in [1.165, 1.54) is 33.5 Å². The summed E-state index contributed by atoms with van der Waals surface area (Å²) in [5, 5.41) is 10.8. The summed E-state index contributed by atoms with van der Waals surface area (Å²) in [6, 6.07) is 4.49. The molecule has 152 valence electrons. The molecule has 0 spiro atoms. The second-order valence-corrected chi connectivity index (χ2v) is 8.72. The van der Waals surface area contributed by atoms with E-state index in [1.807, 2.05) is 6.92 Å². The van der Waals surface area contributed by atoms with Crippen molar-refractivity contribution < 1.29 is 5.11 Å². The molecule has 4 rings (SSSR count). The Kier molecular flexibility index (Phi) is 5.15. The number of aliphatic hydroxyl groups is 1. The summed E-state index contributed by atoms with van der Waals surface area (Å²) in [6.07, 6.45) is 2.17. The zero-order valence-corrected chi connectivity index (χ0v) is 18.5. The molecular weight excluding hydrogens is 359 g/mol. The van der Waals surface area contributed by atoms with Gasteiger partial charge < -0.3 is 10.0 Å². The fourth-order valence-corrected chi connectivity index (χ4v) is 4.98. The largest absolute Gasteiger partial charge is 0.396 e.